The van der Waals surface area contributed by atoms with Crippen molar-refractivity contribution in [3.63, 3.8) is 0 Å². The SMILES string of the molecule is Cc1ccc(CNC(=O)CO/N=C(/N)c2ccccc2OCc2ccccc2)cc1F. The fourth-order valence-corrected chi connectivity index (χ4v) is 2.75. The van der Waals surface area contributed by atoms with Gasteiger partial charge < -0.3 is 20.6 Å². The van der Waals surface area contributed by atoms with E-state index in [-0.39, 0.29) is 24.8 Å². The predicted molar refractivity (Wildman–Crippen MR) is 117 cm³/mol. The van der Waals surface area contributed by atoms with Crippen molar-refractivity contribution in [2.24, 2.45) is 10.9 Å². The van der Waals surface area contributed by atoms with Crippen LogP contribution in [0, 0.1) is 12.7 Å². The average molecular weight is 421 g/mol. The van der Waals surface area contributed by atoms with Gasteiger partial charge in [0.1, 0.15) is 18.2 Å². The first-order chi connectivity index (χ1) is 15.0. The van der Waals surface area contributed by atoms with Gasteiger partial charge in [0.25, 0.3) is 5.91 Å². The second kappa shape index (κ2) is 10.8. The van der Waals surface area contributed by atoms with Crippen molar-refractivity contribution in [1.29, 1.82) is 0 Å². The molecule has 1 amide bonds. The van der Waals surface area contributed by atoms with Crippen molar-refractivity contribution in [2.75, 3.05) is 6.61 Å². The van der Waals surface area contributed by atoms with E-state index in [0.29, 0.717) is 29.0 Å². The zero-order valence-corrected chi connectivity index (χ0v) is 17.2. The van der Waals surface area contributed by atoms with E-state index in [1.165, 1.54) is 6.07 Å². The quantitative estimate of drug-likeness (QED) is 0.314. The van der Waals surface area contributed by atoms with Crippen molar-refractivity contribution in [3.05, 3.63) is 101 Å². The molecule has 31 heavy (non-hydrogen) atoms. The molecule has 0 saturated carbocycles. The van der Waals surface area contributed by atoms with Gasteiger partial charge in [-0.1, -0.05) is 59.8 Å². The number of amidine groups is 1. The lowest BCUT2D eigenvalue weighted by atomic mass is 10.1. The molecule has 0 aromatic heterocycles. The number of carbonyl (C=O) groups excluding carboxylic acids is 1. The predicted octanol–water partition coefficient (Wildman–Crippen LogP) is 3.67. The molecule has 160 valence electrons. The summed E-state index contributed by atoms with van der Waals surface area (Å²) in [5, 5.41) is 6.47. The number of nitrogens with two attached hydrogens (primary N) is 1. The van der Waals surface area contributed by atoms with Crippen molar-refractivity contribution < 1.29 is 18.8 Å². The first-order valence-corrected chi connectivity index (χ1v) is 9.76. The summed E-state index contributed by atoms with van der Waals surface area (Å²) in [7, 11) is 0. The van der Waals surface area contributed by atoms with Crippen molar-refractivity contribution in [1.82, 2.24) is 5.32 Å². The maximum absolute atomic E-state index is 13.6. The van der Waals surface area contributed by atoms with E-state index in [1.807, 2.05) is 36.4 Å². The molecule has 3 aromatic rings. The Labute approximate surface area is 180 Å². The summed E-state index contributed by atoms with van der Waals surface area (Å²) in [6.07, 6.45) is 0. The Kier molecular flexibility index (Phi) is 7.59. The Balaban J connectivity index is 1.51. The Morgan fingerprint density at radius 2 is 1.77 bits per heavy atom. The average Bonchev–Trinajstić information content (AvgIpc) is 2.79. The molecule has 3 rings (SSSR count). The molecule has 0 saturated heterocycles. The number of para-hydroxylation sites is 1. The highest BCUT2D eigenvalue weighted by Gasteiger charge is 2.09. The summed E-state index contributed by atoms with van der Waals surface area (Å²) in [6, 6.07) is 21.7. The highest BCUT2D eigenvalue weighted by atomic mass is 19.1. The van der Waals surface area contributed by atoms with Crippen LogP contribution in [0.15, 0.2) is 78.0 Å². The van der Waals surface area contributed by atoms with E-state index in [0.717, 1.165) is 5.56 Å². The minimum atomic E-state index is -0.397. The van der Waals surface area contributed by atoms with Crippen LogP contribution in [0.3, 0.4) is 0 Å². The number of halogens is 1. The zero-order valence-electron chi connectivity index (χ0n) is 17.2. The molecule has 3 N–H and O–H groups in total. The van der Waals surface area contributed by atoms with E-state index in [4.69, 9.17) is 15.3 Å². The maximum atomic E-state index is 13.6. The van der Waals surface area contributed by atoms with Crippen LogP contribution in [-0.4, -0.2) is 18.3 Å². The van der Waals surface area contributed by atoms with Gasteiger partial charge in [-0.3, -0.25) is 4.79 Å². The normalized spacial score (nSPS) is 11.1. The summed E-state index contributed by atoms with van der Waals surface area (Å²) in [5.74, 6) is -0.0567. The van der Waals surface area contributed by atoms with Gasteiger partial charge in [-0.25, -0.2) is 4.39 Å². The van der Waals surface area contributed by atoms with Gasteiger partial charge in [-0.15, -0.1) is 0 Å². The van der Waals surface area contributed by atoms with Crippen LogP contribution in [-0.2, 0) is 22.8 Å². The van der Waals surface area contributed by atoms with Crippen LogP contribution in [0.5, 0.6) is 5.75 Å². The smallest absolute Gasteiger partial charge is 0.261 e. The standard InChI is InChI=1S/C24H24FN3O3/c1-17-11-12-19(13-21(17)25)14-27-23(29)16-31-28-24(26)20-9-5-6-10-22(20)30-15-18-7-3-2-4-8-18/h2-13H,14-16H2,1H3,(H2,26,28)(H,27,29). The fourth-order valence-electron chi connectivity index (χ4n) is 2.75. The minimum absolute atomic E-state index is 0.0945. The molecule has 0 heterocycles. The molecular formula is C24H24FN3O3. The van der Waals surface area contributed by atoms with Crippen LogP contribution in [0.4, 0.5) is 4.39 Å². The van der Waals surface area contributed by atoms with Gasteiger partial charge in [0.15, 0.2) is 12.4 Å². The van der Waals surface area contributed by atoms with Crippen molar-refractivity contribution in [2.45, 2.75) is 20.1 Å². The molecule has 6 nitrogen and oxygen atoms in total. The summed E-state index contributed by atoms with van der Waals surface area (Å²) in [6.45, 7) is 1.93. The third-order valence-electron chi connectivity index (χ3n) is 4.48. The lowest BCUT2D eigenvalue weighted by molar-refractivity contribution is -0.125. The van der Waals surface area contributed by atoms with E-state index in [9.17, 15) is 9.18 Å². The Morgan fingerprint density at radius 3 is 2.55 bits per heavy atom. The Hall–Kier alpha value is -3.87. The van der Waals surface area contributed by atoms with Gasteiger partial charge in [0, 0.05) is 6.54 Å². The van der Waals surface area contributed by atoms with E-state index < -0.39 is 5.91 Å². The number of nitrogens with one attached hydrogen (secondary N) is 1. The number of nitrogens with zero attached hydrogens (tertiary/aromatic N) is 1. The maximum Gasteiger partial charge on any atom is 0.261 e. The summed E-state index contributed by atoms with van der Waals surface area (Å²) in [4.78, 5) is 17.0. The molecule has 0 radical (unpaired) electrons. The molecule has 0 spiro atoms. The summed E-state index contributed by atoms with van der Waals surface area (Å²) >= 11 is 0. The number of carbonyl (C=O) groups is 1. The van der Waals surface area contributed by atoms with Crippen molar-refractivity contribution >= 4 is 11.7 Å². The molecule has 0 aliphatic heterocycles. The van der Waals surface area contributed by atoms with E-state index >= 15 is 0 Å². The number of rotatable bonds is 9. The molecule has 0 aliphatic carbocycles. The second-order valence-corrected chi connectivity index (χ2v) is 6.88. The van der Waals surface area contributed by atoms with Gasteiger partial charge >= 0.3 is 0 Å². The van der Waals surface area contributed by atoms with E-state index in [1.54, 1.807) is 37.3 Å². The lowest BCUT2D eigenvalue weighted by Gasteiger charge is -2.11. The molecule has 0 bridgehead atoms. The van der Waals surface area contributed by atoms with Crippen LogP contribution < -0.4 is 15.8 Å². The van der Waals surface area contributed by atoms with Crippen LogP contribution in [0.2, 0.25) is 0 Å². The first kappa shape index (κ1) is 21.8. The summed E-state index contributed by atoms with van der Waals surface area (Å²) < 4.78 is 19.4. The molecule has 0 aliphatic rings. The number of amides is 1. The van der Waals surface area contributed by atoms with Crippen LogP contribution in [0.25, 0.3) is 0 Å². The van der Waals surface area contributed by atoms with Crippen LogP contribution >= 0.6 is 0 Å². The summed E-state index contributed by atoms with van der Waals surface area (Å²) in [5.41, 5.74) is 8.81. The third kappa shape index (κ3) is 6.57. The molecule has 0 atom stereocenters. The third-order valence-corrected chi connectivity index (χ3v) is 4.48. The zero-order chi connectivity index (χ0) is 22.1. The largest absolute Gasteiger partial charge is 0.488 e. The molecule has 0 fully saturated rings. The molecule has 3 aromatic carbocycles. The highest BCUT2D eigenvalue weighted by Crippen LogP contribution is 2.19. The number of aryl methyl sites for hydroxylation is 1. The Morgan fingerprint density at radius 1 is 1.03 bits per heavy atom. The molecule has 7 heteroatoms. The monoisotopic (exact) mass is 421 g/mol. The minimum Gasteiger partial charge on any atom is -0.488 e. The number of benzene rings is 3. The molecular weight excluding hydrogens is 397 g/mol. The highest BCUT2D eigenvalue weighted by molar-refractivity contribution is 5.99. The number of oxime groups is 1. The lowest BCUT2D eigenvalue weighted by Crippen LogP contribution is -2.27. The topological polar surface area (TPSA) is 85.9 Å². The first-order valence-electron chi connectivity index (χ1n) is 9.76. The van der Waals surface area contributed by atoms with Gasteiger partial charge in [-0.05, 0) is 41.8 Å². The van der Waals surface area contributed by atoms with Gasteiger partial charge in [0.2, 0.25) is 0 Å². The second-order valence-electron chi connectivity index (χ2n) is 6.88. The van der Waals surface area contributed by atoms with Crippen LogP contribution in [0.1, 0.15) is 22.3 Å². The van der Waals surface area contributed by atoms with E-state index in [2.05, 4.69) is 10.5 Å². The van der Waals surface area contributed by atoms with Gasteiger partial charge in [0.05, 0.1) is 5.56 Å². The Bertz CT molecular complexity index is 1050. The number of hydrogen-bond donors (Lipinski definition) is 2. The number of ether oxygens (including phenoxy) is 1. The number of hydrogen-bond acceptors (Lipinski definition) is 4. The molecule has 0 unspecified atom stereocenters. The van der Waals surface area contributed by atoms with Crippen molar-refractivity contribution in [3.8, 4) is 5.75 Å². The fraction of sp³-hybridized carbons (Fsp3) is 0.167. The van der Waals surface area contributed by atoms with Gasteiger partial charge in [-0.2, -0.15) is 0 Å².